The number of nitrogens with zero attached hydrogens (tertiary/aromatic N) is 2. The maximum atomic E-state index is 13.4. The van der Waals surface area contributed by atoms with Gasteiger partial charge in [-0.25, -0.2) is 8.78 Å². The zero-order valence-electron chi connectivity index (χ0n) is 17.4. The third kappa shape index (κ3) is 5.35. The molecule has 4 rings (SSSR count). The van der Waals surface area contributed by atoms with E-state index in [0.717, 1.165) is 48.7 Å². The van der Waals surface area contributed by atoms with Crippen molar-refractivity contribution in [3.8, 4) is 11.3 Å². The Morgan fingerprint density at radius 2 is 1.72 bits per heavy atom. The molecule has 0 unspecified atom stereocenters. The van der Waals surface area contributed by atoms with Gasteiger partial charge < -0.3 is 10.2 Å². The summed E-state index contributed by atoms with van der Waals surface area (Å²) >= 11 is 0. The van der Waals surface area contributed by atoms with Gasteiger partial charge in [0, 0.05) is 35.6 Å². The third-order valence-corrected chi connectivity index (χ3v) is 5.56. The summed E-state index contributed by atoms with van der Waals surface area (Å²) in [5.41, 5.74) is 2.18. The van der Waals surface area contributed by atoms with Gasteiger partial charge in [-0.3, -0.25) is 14.6 Å². The zero-order valence-corrected chi connectivity index (χ0v) is 17.4. The summed E-state index contributed by atoms with van der Waals surface area (Å²) < 4.78 is 26.8. The molecule has 1 aliphatic carbocycles. The van der Waals surface area contributed by atoms with Crippen LogP contribution < -0.4 is 5.32 Å². The highest BCUT2D eigenvalue weighted by atomic mass is 19.1. The summed E-state index contributed by atoms with van der Waals surface area (Å²) in [5.74, 6) is -1.98. The maximum absolute atomic E-state index is 13.4. The Kier molecular flexibility index (Phi) is 6.54. The summed E-state index contributed by atoms with van der Waals surface area (Å²) in [6.45, 7) is 0.265. The first-order valence-corrected chi connectivity index (χ1v) is 10.5. The molecule has 2 amide bonds. The van der Waals surface area contributed by atoms with Crippen molar-refractivity contribution in [2.75, 3.05) is 18.4 Å². The van der Waals surface area contributed by atoms with E-state index in [2.05, 4.69) is 10.3 Å². The van der Waals surface area contributed by atoms with Crippen LogP contribution in [-0.4, -0.2) is 34.8 Å². The van der Waals surface area contributed by atoms with Crippen molar-refractivity contribution < 1.29 is 18.4 Å². The smallest absolute Gasteiger partial charge is 0.254 e. The average molecular weight is 435 g/mol. The minimum absolute atomic E-state index is 0.0169. The number of pyridine rings is 1. The molecule has 0 saturated heterocycles. The van der Waals surface area contributed by atoms with Crippen LogP contribution in [0.1, 0.15) is 29.6 Å². The van der Waals surface area contributed by atoms with Crippen LogP contribution in [0.15, 0.2) is 66.9 Å². The summed E-state index contributed by atoms with van der Waals surface area (Å²) in [7, 11) is 0. The van der Waals surface area contributed by atoms with Gasteiger partial charge >= 0.3 is 0 Å². The number of amides is 2. The maximum Gasteiger partial charge on any atom is 0.254 e. The second-order valence-corrected chi connectivity index (χ2v) is 7.98. The van der Waals surface area contributed by atoms with E-state index in [4.69, 9.17) is 0 Å². The Balaban J connectivity index is 1.47. The number of carbonyl (C=O) groups is 2. The molecule has 3 aromatic rings. The van der Waals surface area contributed by atoms with E-state index in [-0.39, 0.29) is 18.1 Å². The lowest BCUT2D eigenvalue weighted by atomic mass is 9.85. The summed E-state index contributed by atoms with van der Waals surface area (Å²) in [4.78, 5) is 31.5. The fourth-order valence-electron chi connectivity index (χ4n) is 3.71. The molecule has 1 N–H and O–H groups in total. The molecular formula is C25H23F2N3O2. The minimum atomic E-state index is -0.782. The van der Waals surface area contributed by atoms with Crippen LogP contribution in [0.4, 0.5) is 14.5 Å². The molecule has 164 valence electrons. The number of halogens is 2. The Hall–Kier alpha value is -3.61. The minimum Gasteiger partial charge on any atom is -0.329 e. The number of nitrogens with one attached hydrogen (secondary N) is 1. The van der Waals surface area contributed by atoms with Crippen LogP contribution in [0.2, 0.25) is 0 Å². The van der Waals surface area contributed by atoms with Crippen molar-refractivity contribution in [3.63, 3.8) is 0 Å². The monoisotopic (exact) mass is 435 g/mol. The second kappa shape index (κ2) is 9.68. The SMILES string of the molecule is O=C(CN(CC1CCC1)C(=O)c1ccc(-c2ccccn2)cc1)Nc1cc(F)cc(F)c1. The summed E-state index contributed by atoms with van der Waals surface area (Å²) in [6.07, 6.45) is 4.84. The largest absolute Gasteiger partial charge is 0.329 e. The second-order valence-electron chi connectivity index (χ2n) is 7.98. The topological polar surface area (TPSA) is 62.3 Å². The van der Waals surface area contributed by atoms with E-state index in [1.165, 1.54) is 4.90 Å². The van der Waals surface area contributed by atoms with Gasteiger partial charge in [0.05, 0.1) is 5.69 Å². The molecule has 5 nitrogen and oxygen atoms in total. The number of aromatic nitrogens is 1. The van der Waals surface area contributed by atoms with Gasteiger partial charge in [0.15, 0.2) is 0 Å². The van der Waals surface area contributed by atoms with Crippen LogP contribution in [0, 0.1) is 17.6 Å². The lowest BCUT2D eigenvalue weighted by molar-refractivity contribution is -0.117. The molecule has 0 bridgehead atoms. The van der Waals surface area contributed by atoms with Gasteiger partial charge in [-0.05, 0) is 55.2 Å². The molecule has 0 radical (unpaired) electrons. The van der Waals surface area contributed by atoms with E-state index in [1.54, 1.807) is 18.3 Å². The summed E-state index contributed by atoms with van der Waals surface area (Å²) in [6, 6.07) is 15.5. The van der Waals surface area contributed by atoms with Crippen LogP contribution >= 0.6 is 0 Å². The van der Waals surface area contributed by atoms with Crippen molar-refractivity contribution in [3.05, 3.63) is 84.1 Å². The van der Waals surface area contributed by atoms with Gasteiger partial charge in [0.25, 0.3) is 5.91 Å². The van der Waals surface area contributed by atoms with E-state index >= 15 is 0 Å². The average Bonchev–Trinajstić information content (AvgIpc) is 2.75. The molecule has 32 heavy (non-hydrogen) atoms. The Bertz CT molecular complexity index is 1080. The van der Waals surface area contributed by atoms with Crippen molar-refractivity contribution in [1.29, 1.82) is 0 Å². The highest BCUT2D eigenvalue weighted by Crippen LogP contribution is 2.28. The Labute approximate surface area is 185 Å². The van der Waals surface area contributed by atoms with Crippen LogP contribution in [0.5, 0.6) is 0 Å². The normalized spacial score (nSPS) is 13.3. The van der Waals surface area contributed by atoms with E-state index in [9.17, 15) is 18.4 Å². The molecule has 1 fully saturated rings. The molecule has 1 saturated carbocycles. The molecule has 1 aromatic heterocycles. The number of hydrogen-bond donors (Lipinski definition) is 1. The molecule has 1 aliphatic rings. The van der Waals surface area contributed by atoms with E-state index in [1.807, 2.05) is 30.3 Å². The van der Waals surface area contributed by atoms with Crippen molar-refractivity contribution in [2.45, 2.75) is 19.3 Å². The van der Waals surface area contributed by atoms with Crippen LogP contribution in [0.25, 0.3) is 11.3 Å². The van der Waals surface area contributed by atoms with Crippen molar-refractivity contribution in [2.24, 2.45) is 5.92 Å². The third-order valence-electron chi connectivity index (χ3n) is 5.56. The first kappa shape index (κ1) is 21.6. The zero-order chi connectivity index (χ0) is 22.5. The molecule has 0 spiro atoms. The molecule has 0 aliphatic heterocycles. The number of anilines is 1. The van der Waals surface area contributed by atoms with Crippen molar-refractivity contribution in [1.82, 2.24) is 9.88 Å². The molecular weight excluding hydrogens is 412 g/mol. The van der Waals surface area contributed by atoms with Gasteiger partial charge in [-0.1, -0.05) is 24.6 Å². The van der Waals surface area contributed by atoms with Gasteiger partial charge in [-0.2, -0.15) is 0 Å². The Morgan fingerprint density at radius 3 is 2.31 bits per heavy atom. The highest BCUT2D eigenvalue weighted by Gasteiger charge is 2.26. The molecule has 7 heteroatoms. The lowest BCUT2D eigenvalue weighted by Gasteiger charge is -2.32. The number of hydrogen-bond acceptors (Lipinski definition) is 3. The van der Waals surface area contributed by atoms with Crippen LogP contribution in [0.3, 0.4) is 0 Å². The first-order chi connectivity index (χ1) is 15.5. The van der Waals surface area contributed by atoms with E-state index < -0.39 is 17.5 Å². The highest BCUT2D eigenvalue weighted by molar-refractivity contribution is 5.99. The predicted molar refractivity (Wildman–Crippen MR) is 118 cm³/mol. The van der Waals surface area contributed by atoms with E-state index in [0.29, 0.717) is 18.0 Å². The first-order valence-electron chi connectivity index (χ1n) is 10.5. The molecule has 1 heterocycles. The standard InChI is InChI=1S/C25H23F2N3O2/c26-20-12-21(27)14-22(13-20)29-24(31)16-30(15-17-4-3-5-17)25(32)19-9-7-18(8-10-19)23-6-1-2-11-28-23/h1-2,6-14,17H,3-5,15-16H2,(H,29,31). The number of rotatable bonds is 7. The number of benzene rings is 2. The number of carbonyl (C=O) groups excluding carboxylic acids is 2. The van der Waals surface area contributed by atoms with Gasteiger partial charge in [0.1, 0.15) is 18.2 Å². The van der Waals surface area contributed by atoms with Gasteiger partial charge in [0.2, 0.25) is 5.91 Å². The van der Waals surface area contributed by atoms with Crippen molar-refractivity contribution >= 4 is 17.5 Å². The molecule has 2 aromatic carbocycles. The van der Waals surface area contributed by atoms with Crippen LogP contribution in [-0.2, 0) is 4.79 Å². The quantitative estimate of drug-likeness (QED) is 0.574. The lowest BCUT2D eigenvalue weighted by Crippen LogP contribution is -2.42. The fraction of sp³-hybridized carbons (Fsp3) is 0.240. The fourth-order valence-corrected chi connectivity index (χ4v) is 3.71. The summed E-state index contributed by atoms with van der Waals surface area (Å²) in [5, 5.41) is 2.48. The molecule has 0 atom stereocenters. The Morgan fingerprint density at radius 1 is 1.00 bits per heavy atom. The predicted octanol–water partition coefficient (Wildman–Crippen LogP) is 4.91. The van der Waals surface area contributed by atoms with Gasteiger partial charge in [-0.15, -0.1) is 0 Å².